The van der Waals surface area contributed by atoms with Gasteiger partial charge in [0.15, 0.2) is 0 Å². The fourth-order valence-corrected chi connectivity index (χ4v) is 4.47. The van der Waals surface area contributed by atoms with Crippen LogP contribution in [0.1, 0.15) is 58.3 Å². The van der Waals surface area contributed by atoms with Gasteiger partial charge in [0.1, 0.15) is 0 Å². The summed E-state index contributed by atoms with van der Waals surface area (Å²) in [6, 6.07) is 1.56. The fraction of sp³-hybridized carbons (Fsp3) is 1.00. The molecule has 2 aliphatic rings. The molecule has 0 aromatic carbocycles. The predicted molar refractivity (Wildman–Crippen MR) is 91.6 cm³/mol. The number of nitrogens with one attached hydrogen (secondary N) is 1. The number of thioether (sulfide) groups is 1. The summed E-state index contributed by atoms with van der Waals surface area (Å²) < 4.78 is 0. The Morgan fingerprint density at radius 1 is 1.15 bits per heavy atom. The summed E-state index contributed by atoms with van der Waals surface area (Å²) in [4.78, 5) is 2.80. The van der Waals surface area contributed by atoms with E-state index in [1.807, 2.05) is 11.8 Å². The Kier molecular flexibility index (Phi) is 7.75. The van der Waals surface area contributed by atoms with Crippen molar-refractivity contribution in [3.05, 3.63) is 0 Å². The van der Waals surface area contributed by atoms with E-state index in [-0.39, 0.29) is 0 Å². The van der Waals surface area contributed by atoms with E-state index in [1.54, 1.807) is 0 Å². The third-order valence-corrected chi connectivity index (χ3v) is 5.99. The molecule has 118 valence electrons. The Balaban J connectivity index is 1.79. The second-order valence-corrected chi connectivity index (χ2v) is 7.66. The maximum atomic E-state index is 3.88. The fourth-order valence-electron chi connectivity index (χ4n) is 3.97. The second-order valence-electron chi connectivity index (χ2n) is 6.67. The molecular weight excluding hydrogens is 264 g/mol. The Morgan fingerprint density at radius 2 is 1.95 bits per heavy atom. The highest BCUT2D eigenvalue weighted by molar-refractivity contribution is 7.98. The molecule has 2 atom stereocenters. The zero-order chi connectivity index (χ0) is 14.2. The molecule has 1 aliphatic carbocycles. The van der Waals surface area contributed by atoms with Gasteiger partial charge in [0, 0.05) is 25.2 Å². The van der Waals surface area contributed by atoms with Gasteiger partial charge >= 0.3 is 0 Å². The molecule has 1 aliphatic heterocycles. The summed E-state index contributed by atoms with van der Waals surface area (Å²) >= 11 is 1.99. The highest BCUT2D eigenvalue weighted by Crippen LogP contribution is 2.28. The second kappa shape index (κ2) is 9.32. The topological polar surface area (TPSA) is 15.3 Å². The van der Waals surface area contributed by atoms with E-state index >= 15 is 0 Å². The van der Waals surface area contributed by atoms with Gasteiger partial charge in [0.2, 0.25) is 0 Å². The van der Waals surface area contributed by atoms with Crippen LogP contribution < -0.4 is 5.32 Å². The van der Waals surface area contributed by atoms with E-state index in [0.29, 0.717) is 0 Å². The quantitative estimate of drug-likeness (QED) is 0.720. The standard InChI is InChI=1S/C17H34N2S/c1-3-16-13-18-17(15-9-5-4-6-10-15)14-19(16)11-7-8-12-20-2/h15-18H,3-14H2,1-2H3. The van der Waals surface area contributed by atoms with E-state index in [2.05, 4.69) is 23.4 Å². The van der Waals surface area contributed by atoms with Crippen LogP contribution in [-0.2, 0) is 0 Å². The maximum absolute atomic E-state index is 3.88. The number of unbranched alkanes of at least 4 members (excludes halogenated alkanes) is 1. The number of hydrogen-bond acceptors (Lipinski definition) is 3. The molecule has 1 heterocycles. The van der Waals surface area contributed by atoms with Gasteiger partial charge in [-0.1, -0.05) is 26.2 Å². The molecule has 0 aromatic heterocycles. The van der Waals surface area contributed by atoms with Crippen molar-refractivity contribution in [2.75, 3.05) is 31.6 Å². The lowest BCUT2D eigenvalue weighted by Crippen LogP contribution is -2.58. The van der Waals surface area contributed by atoms with Gasteiger partial charge in [-0.15, -0.1) is 0 Å². The molecule has 0 radical (unpaired) electrons. The minimum atomic E-state index is 0.777. The Hall–Kier alpha value is 0.270. The zero-order valence-corrected chi connectivity index (χ0v) is 14.4. The summed E-state index contributed by atoms with van der Waals surface area (Å²) in [6.45, 7) is 6.20. The molecule has 20 heavy (non-hydrogen) atoms. The third kappa shape index (κ3) is 4.92. The van der Waals surface area contributed by atoms with Crippen LogP contribution in [0.25, 0.3) is 0 Å². The molecule has 2 fully saturated rings. The maximum Gasteiger partial charge on any atom is 0.0224 e. The number of rotatable bonds is 7. The summed E-state index contributed by atoms with van der Waals surface area (Å²) in [5, 5.41) is 3.88. The van der Waals surface area contributed by atoms with Gasteiger partial charge in [-0.25, -0.2) is 0 Å². The number of hydrogen-bond donors (Lipinski definition) is 1. The van der Waals surface area contributed by atoms with Crippen LogP contribution in [0, 0.1) is 5.92 Å². The van der Waals surface area contributed by atoms with Crippen molar-refractivity contribution in [2.45, 2.75) is 70.4 Å². The third-order valence-electron chi connectivity index (χ3n) is 5.30. The molecule has 1 saturated heterocycles. The van der Waals surface area contributed by atoms with Crippen molar-refractivity contribution >= 4 is 11.8 Å². The normalized spacial score (nSPS) is 29.7. The van der Waals surface area contributed by atoms with Crippen molar-refractivity contribution in [1.29, 1.82) is 0 Å². The van der Waals surface area contributed by atoms with Crippen LogP contribution in [0.15, 0.2) is 0 Å². The van der Waals surface area contributed by atoms with E-state index in [4.69, 9.17) is 0 Å². The van der Waals surface area contributed by atoms with Crippen LogP contribution in [-0.4, -0.2) is 48.6 Å². The van der Waals surface area contributed by atoms with Crippen LogP contribution in [0.5, 0.6) is 0 Å². The molecule has 1 N–H and O–H groups in total. The molecule has 0 spiro atoms. The first-order valence-electron chi connectivity index (χ1n) is 8.81. The van der Waals surface area contributed by atoms with Crippen molar-refractivity contribution in [3.63, 3.8) is 0 Å². The average Bonchev–Trinajstić information content (AvgIpc) is 2.52. The number of nitrogens with zero attached hydrogens (tertiary/aromatic N) is 1. The summed E-state index contributed by atoms with van der Waals surface area (Å²) in [5.74, 6) is 2.28. The van der Waals surface area contributed by atoms with Crippen LogP contribution in [0.4, 0.5) is 0 Å². The molecule has 1 saturated carbocycles. The molecule has 2 nitrogen and oxygen atoms in total. The van der Waals surface area contributed by atoms with Gasteiger partial charge in [0.05, 0.1) is 0 Å². The summed E-state index contributed by atoms with van der Waals surface area (Å²) in [7, 11) is 0. The molecular formula is C17H34N2S. The van der Waals surface area contributed by atoms with E-state index in [9.17, 15) is 0 Å². The smallest absolute Gasteiger partial charge is 0.0224 e. The molecule has 0 bridgehead atoms. The monoisotopic (exact) mass is 298 g/mol. The first-order chi connectivity index (χ1) is 9.85. The first-order valence-corrected chi connectivity index (χ1v) is 10.2. The lowest BCUT2D eigenvalue weighted by atomic mass is 9.82. The lowest BCUT2D eigenvalue weighted by Gasteiger charge is -2.44. The van der Waals surface area contributed by atoms with Crippen molar-refractivity contribution < 1.29 is 0 Å². The van der Waals surface area contributed by atoms with Gasteiger partial charge in [-0.3, -0.25) is 4.90 Å². The minimum absolute atomic E-state index is 0.777. The largest absolute Gasteiger partial charge is 0.311 e. The number of piperazine rings is 1. The van der Waals surface area contributed by atoms with Crippen molar-refractivity contribution in [3.8, 4) is 0 Å². The molecule has 2 rings (SSSR count). The molecule has 3 heteroatoms. The first kappa shape index (κ1) is 16.6. The summed E-state index contributed by atoms with van der Waals surface area (Å²) in [5.41, 5.74) is 0. The Bertz CT molecular complexity index is 253. The predicted octanol–water partition coefficient (Wildman–Crippen LogP) is 3.76. The van der Waals surface area contributed by atoms with Crippen molar-refractivity contribution in [2.24, 2.45) is 5.92 Å². The van der Waals surface area contributed by atoms with Gasteiger partial charge in [0.25, 0.3) is 0 Å². The van der Waals surface area contributed by atoms with Gasteiger partial charge < -0.3 is 5.32 Å². The lowest BCUT2D eigenvalue weighted by molar-refractivity contribution is 0.0924. The Labute approximate surface area is 130 Å². The average molecular weight is 299 g/mol. The van der Waals surface area contributed by atoms with E-state index in [0.717, 1.165) is 18.0 Å². The van der Waals surface area contributed by atoms with E-state index < -0.39 is 0 Å². The van der Waals surface area contributed by atoms with Crippen molar-refractivity contribution in [1.82, 2.24) is 10.2 Å². The zero-order valence-electron chi connectivity index (χ0n) is 13.6. The molecule has 0 aromatic rings. The van der Waals surface area contributed by atoms with E-state index in [1.165, 1.54) is 76.8 Å². The highest BCUT2D eigenvalue weighted by Gasteiger charge is 2.31. The summed E-state index contributed by atoms with van der Waals surface area (Å²) in [6.07, 6.45) is 13.6. The highest BCUT2D eigenvalue weighted by atomic mass is 32.2. The SMILES string of the molecule is CCC1CNC(C2CCCCC2)CN1CCCCSC. The molecule has 0 amide bonds. The minimum Gasteiger partial charge on any atom is -0.311 e. The van der Waals surface area contributed by atoms with Crippen LogP contribution in [0.3, 0.4) is 0 Å². The van der Waals surface area contributed by atoms with Gasteiger partial charge in [-0.05, 0) is 56.6 Å². The van der Waals surface area contributed by atoms with Gasteiger partial charge in [-0.2, -0.15) is 11.8 Å². The Morgan fingerprint density at radius 3 is 2.65 bits per heavy atom. The molecule has 2 unspecified atom stereocenters. The van der Waals surface area contributed by atoms with Crippen LogP contribution >= 0.6 is 11.8 Å². The van der Waals surface area contributed by atoms with Crippen LogP contribution in [0.2, 0.25) is 0 Å².